The zero-order valence-corrected chi connectivity index (χ0v) is 25.4. The first-order valence-corrected chi connectivity index (χ1v) is 15.7. The van der Waals surface area contributed by atoms with Crippen molar-refractivity contribution in [3.63, 3.8) is 0 Å². The Morgan fingerprint density at radius 1 is 1.20 bits per heavy atom. The summed E-state index contributed by atoms with van der Waals surface area (Å²) in [4.78, 5) is 40.1. The van der Waals surface area contributed by atoms with Crippen LogP contribution in [-0.4, -0.2) is 76.2 Å². The molecule has 1 N–H and O–H groups in total. The fourth-order valence-corrected chi connectivity index (χ4v) is 6.63. The lowest BCUT2D eigenvalue weighted by Crippen LogP contribution is -2.49. The molecule has 10 heteroatoms. The quantitative estimate of drug-likeness (QED) is 0.303. The number of carbonyl (C=O) groups is 2. The van der Waals surface area contributed by atoms with Crippen molar-refractivity contribution in [2.75, 3.05) is 32.5 Å². The van der Waals surface area contributed by atoms with Crippen LogP contribution >= 0.6 is 23.1 Å². The molecule has 1 aromatic carbocycles. The average molecular weight is 582 g/mol. The lowest BCUT2D eigenvalue weighted by molar-refractivity contribution is -0.132. The Morgan fingerprint density at radius 2 is 1.95 bits per heavy atom. The lowest BCUT2D eigenvalue weighted by Gasteiger charge is -2.41. The first-order valence-electron chi connectivity index (χ1n) is 13.7. The molecule has 40 heavy (non-hydrogen) atoms. The van der Waals surface area contributed by atoms with Gasteiger partial charge in [0, 0.05) is 43.2 Å². The van der Waals surface area contributed by atoms with Gasteiger partial charge in [0.25, 0.3) is 5.91 Å². The van der Waals surface area contributed by atoms with Crippen molar-refractivity contribution in [1.82, 2.24) is 25.1 Å². The number of ether oxygens (including phenoxy) is 1. The van der Waals surface area contributed by atoms with Crippen molar-refractivity contribution >= 4 is 34.9 Å². The molecule has 2 amide bonds. The molecule has 1 aliphatic heterocycles. The minimum absolute atomic E-state index is 0.115. The van der Waals surface area contributed by atoms with Gasteiger partial charge in [-0.25, -0.2) is 9.97 Å². The summed E-state index contributed by atoms with van der Waals surface area (Å²) >= 11 is 3.22. The van der Waals surface area contributed by atoms with Gasteiger partial charge < -0.3 is 19.9 Å². The minimum atomic E-state index is -0.115. The van der Waals surface area contributed by atoms with E-state index in [1.54, 1.807) is 30.2 Å². The number of amides is 2. The van der Waals surface area contributed by atoms with Crippen LogP contribution in [0.25, 0.3) is 0 Å². The third kappa shape index (κ3) is 8.05. The molecular weight excluding hydrogens is 542 g/mol. The Hall–Kier alpha value is -2.95. The van der Waals surface area contributed by atoms with Gasteiger partial charge in [-0.3, -0.25) is 9.59 Å². The molecule has 0 spiro atoms. The van der Waals surface area contributed by atoms with Crippen molar-refractivity contribution < 1.29 is 14.3 Å². The standard InChI is InChI=1S/C30H39N5O3S2/c1-21(8-12-31-30(37)29-22(2)32-20-33-23(29)3)34-13-9-25(10-14-34)35(17-24-11-15-39-18-24)28(36)19-40-27-7-5-6-26(16-27)38-4/h5-7,11,15-16,18,20-21,25H,8-10,12-14,17,19H2,1-4H3,(H,31,37). The molecular formula is C30H39N5O3S2. The van der Waals surface area contributed by atoms with E-state index in [-0.39, 0.29) is 17.9 Å². The van der Waals surface area contributed by atoms with Crippen molar-refractivity contribution in [3.05, 3.63) is 69.9 Å². The van der Waals surface area contributed by atoms with Gasteiger partial charge in [-0.05, 0) is 80.6 Å². The Labute approximate surface area is 245 Å². The predicted octanol–water partition coefficient (Wildman–Crippen LogP) is 4.96. The fraction of sp³-hybridized carbons (Fsp3) is 0.467. The van der Waals surface area contributed by atoms with Crippen LogP contribution in [-0.2, 0) is 11.3 Å². The van der Waals surface area contributed by atoms with Crippen LogP contribution in [0.5, 0.6) is 5.75 Å². The van der Waals surface area contributed by atoms with Gasteiger partial charge in [-0.1, -0.05) is 6.07 Å². The Bertz CT molecular complexity index is 1240. The number of rotatable bonds is 12. The van der Waals surface area contributed by atoms with Crippen molar-refractivity contribution in [1.29, 1.82) is 0 Å². The molecule has 214 valence electrons. The van der Waals surface area contributed by atoms with Crippen LogP contribution in [0.3, 0.4) is 0 Å². The van der Waals surface area contributed by atoms with Gasteiger partial charge >= 0.3 is 0 Å². The lowest BCUT2D eigenvalue weighted by atomic mass is 10.00. The monoisotopic (exact) mass is 581 g/mol. The molecule has 0 saturated carbocycles. The van der Waals surface area contributed by atoms with E-state index in [1.165, 1.54) is 11.9 Å². The van der Waals surface area contributed by atoms with Crippen molar-refractivity contribution in [3.8, 4) is 5.75 Å². The summed E-state index contributed by atoms with van der Waals surface area (Å²) in [5, 5.41) is 7.24. The normalized spacial score (nSPS) is 15.0. The Kier molecular flexibility index (Phi) is 11.0. The minimum Gasteiger partial charge on any atom is -0.497 e. The van der Waals surface area contributed by atoms with Gasteiger partial charge in [-0.15, -0.1) is 11.8 Å². The molecule has 1 saturated heterocycles. The number of thiophene rings is 1. The maximum absolute atomic E-state index is 13.5. The van der Waals surface area contributed by atoms with Crippen LogP contribution in [0.2, 0.25) is 0 Å². The van der Waals surface area contributed by atoms with E-state index in [9.17, 15) is 9.59 Å². The molecule has 0 bridgehead atoms. The van der Waals surface area contributed by atoms with E-state index in [1.807, 2.05) is 38.1 Å². The molecule has 1 atom stereocenters. The summed E-state index contributed by atoms with van der Waals surface area (Å²) in [6, 6.07) is 10.5. The van der Waals surface area contributed by atoms with Gasteiger partial charge in [0.2, 0.25) is 5.91 Å². The third-order valence-corrected chi connectivity index (χ3v) is 9.23. The second-order valence-electron chi connectivity index (χ2n) is 10.2. The number of benzene rings is 1. The molecule has 8 nitrogen and oxygen atoms in total. The highest BCUT2D eigenvalue weighted by Gasteiger charge is 2.30. The van der Waals surface area contributed by atoms with E-state index in [0.29, 0.717) is 41.8 Å². The first kappa shape index (κ1) is 30.0. The van der Waals surface area contributed by atoms with Crippen molar-refractivity contribution in [2.24, 2.45) is 0 Å². The number of carbonyl (C=O) groups excluding carboxylic acids is 2. The number of methoxy groups -OCH3 is 1. The predicted molar refractivity (Wildman–Crippen MR) is 161 cm³/mol. The van der Waals surface area contributed by atoms with Gasteiger partial charge in [0.1, 0.15) is 12.1 Å². The van der Waals surface area contributed by atoms with E-state index >= 15 is 0 Å². The number of thioether (sulfide) groups is 1. The van der Waals surface area contributed by atoms with Crippen LogP contribution < -0.4 is 10.1 Å². The number of nitrogens with one attached hydrogen (secondary N) is 1. The van der Waals surface area contributed by atoms with Crippen LogP contribution in [0.4, 0.5) is 0 Å². The summed E-state index contributed by atoms with van der Waals surface area (Å²) in [6.45, 7) is 8.99. The molecule has 1 aliphatic rings. The SMILES string of the molecule is COc1cccc(SCC(=O)N(Cc2ccsc2)C2CCN(C(C)CCNC(=O)c3c(C)ncnc3C)CC2)c1. The van der Waals surface area contributed by atoms with Crippen LogP contribution in [0.15, 0.2) is 52.3 Å². The molecule has 1 fully saturated rings. The molecule has 0 radical (unpaired) electrons. The van der Waals surface area contributed by atoms with E-state index in [2.05, 4.69) is 48.8 Å². The van der Waals surface area contributed by atoms with Crippen molar-refractivity contribution in [2.45, 2.75) is 63.6 Å². The number of aromatic nitrogens is 2. The maximum Gasteiger partial charge on any atom is 0.254 e. The number of aryl methyl sites for hydroxylation is 2. The number of piperidine rings is 1. The second-order valence-corrected chi connectivity index (χ2v) is 12.0. The highest BCUT2D eigenvalue weighted by atomic mass is 32.2. The maximum atomic E-state index is 13.5. The average Bonchev–Trinajstić information content (AvgIpc) is 3.48. The zero-order chi connectivity index (χ0) is 28.5. The molecule has 2 aromatic heterocycles. The summed E-state index contributed by atoms with van der Waals surface area (Å²) < 4.78 is 5.33. The summed E-state index contributed by atoms with van der Waals surface area (Å²) in [5.74, 6) is 1.26. The summed E-state index contributed by atoms with van der Waals surface area (Å²) in [5.41, 5.74) is 3.15. The smallest absolute Gasteiger partial charge is 0.254 e. The highest BCUT2D eigenvalue weighted by molar-refractivity contribution is 8.00. The van der Waals surface area contributed by atoms with E-state index in [4.69, 9.17) is 4.74 Å². The first-order chi connectivity index (χ1) is 19.4. The fourth-order valence-electron chi connectivity index (χ4n) is 5.14. The Morgan fingerprint density at radius 3 is 2.62 bits per heavy atom. The van der Waals surface area contributed by atoms with Gasteiger partial charge in [0.05, 0.1) is 29.8 Å². The topological polar surface area (TPSA) is 87.7 Å². The van der Waals surface area contributed by atoms with E-state index < -0.39 is 0 Å². The zero-order valence-electron chi connectivity index (χ0n) is 23.8. The number of hydrogen-bond donors (Lipinski definition) is 1. The highest BCUT2D eigenvalue weighted by Crippen LogP contribution is 2.26. The molecule has 3 aromatic rings. The number of hydrogen-bond acceptors (Lipinski definition) is 8. The van der Waals surface area contributed by atoms with Crippen LogP contribution in [0, 0.1) is 13.8 Å². The summed E-state index contributed by atoms with van der Waals surface area (Å²) in [6.07, 6.45) is 4.23. The van der Waals surface area contributed by atoms with Gasteiger partial charge in [0.15, 0.2) is 0 Å². The molecule has 1 unspecified atom stereocenters. The Balaban J connectivity index is 1.29. The largest absolute Gasteiger partial charge is 0.497 e. The summed E-state index contributed by atoms with van der Waals surface area (Å²) in [7, 11) is 1.66. The molecule has 3 heterocycles. The van der Waals surface area contributed by atoms with Gasteiger partial charge in [-0.2, -0.15) is 11.3 Å². The molecule has 4 rings (SSSR count). The second kappa shape index (κ2) is 14.6. The molecule has 0 aliphatic carbocycles. The van der Waals surface area contributed by atoms with Crippen LogP contribution in [0.1, 0.15) is 53.5 Å². The third-order valence-electron chi connectivity index (χ3n) is 7.52. The van der Waals surface area contributed by atoms with E-state index in [0.717, 1.165) is 43.0 Å². The number of nitrogens with zero attached hydrogens (tertiary/aromatic N) is 4. The number of likely N-dealkylation sites (tertiary alicyclic amines) is 1.